The van der Waals surface area contributed by atoms with E-state index in [0.29, 0.717) is 5.92 Å². The Kier molecular flexibility index (Phi) is 2.18. The molecular formula is C10H17NO2. The van der Waals surface area contributed by atoms with Crippen molar-refractivity contribution >= 4 is 6.09 Å². The first-order valence-electron chi connectivity index (χ1n) is 5.11. The summed E-state index contributed by atoms with van der Waals surface area (Å²) >= 11 is 0. The zero-order valence-corrected chi connectivity index (χ0v) is 8.07. The molecule has 1 N–H and O–H groups in total. The molecule has 0 radical (unpaired) electrons. The summed E-state index contributed by atoms with van der Waals surface area (Å²) < 4.78 is 0. The molecule has 2 rings (SSSR count). The number of hydrogen-bond donors (Lipinski definition) is 1. The predicted octanol–water partition coefficient (Wildman–Crippen LogP) is 2.03. The molecule has 2 fully saturated rings. The minimum atomic E-state index is -0.789. The standard InChI is InChI=1S/C10H17NO2/c1-11(10(12)13)6-9-5-7-2-3-8(9)4-7/h7-9H,2-6H2,1H3,(H,12,13)/t7-,8+,9-/m1/s1. The van der Waals surface area contributed by atoms with Gasteiger partial charge in [-0.2, -0.15) is 0 Å². The lowest BCUT2D eigenvalue weighted by Crippen LogP contribution is -2.32. The molecule has 0 aromatic heterocycles. The highest BCUT2D eigenvalue weighted by molar-refractivity contribution is 5.64. The van der Waals surface area contributed by atoms with Crippen LogP contribution < -0.4 is 0 Å². The van der Waals surface area contributed by atoms with E-state index in [1.807, 2.05) is 0 Å². The molecule has 0 heterocycles. The van der Waals surface area contributed by atoms with Gasteiger partial charge in [-0.05, 0) is 37.0 Å². The second-order valence-corrected chi connectivity index (χ2v) is 4.60. The quantitative estimate of drug-likeness (QED) is 0.711. The number of carboxylic acid groups (broad SMARTS) is 1. The third-order valence-electron chi connectivity index (χ3n) is 3.72. The molecule has 0 aromatic carbocycles. The Bertz CT molecular complexity index is 217. The molecule has 0 aliphatic heterocycles. The van der Waals surface area contributed by atoms with E-state index in [1.165, 1.54) is 30.6 Å². The molecule has 74 valence electrons. The summed E-state index contributed by atoms with van der Waals surface area (Å²) in [5.41, 5.74) is 0. The number of nitrogens with zero attached hydrogens (tertiary/aromatic N) is 1. The Hall–Kier alpha value is -0.730. The van der Waals surface area contributed by atoms with Crippen LogP contribution in [0.15, 0.2) is 0 Å². The van der Waals surface area contributed by atoms with Gasteiger partial charge in [0.05, 0.1) is 0 Å². The fourth-order valence-corrected chi connectivity index (χ4v) is 3.03. The van der Waals surface area contributed by atoms with Gasteiger partial charge < -0.3 is 10.0 Å². The zero-order valence-electron chi connectivity index (χ0n) is 8.07. The van der Waals surface area contributed by atoms with Crippen molar-refractivity contribution in [3.63, 3.8) is 0 Å². The number of carbonyl (C=O) groups is 1. The maximum atomic E-state index is 10.6. The van der Waals surface area contributed by atoms with Crippen LogP contribution in [-0.2, 0) is 0 Å². The first kappa shape index (κ1) is 8.85. The summed E-state index contributed by atoms with van der Waals surface area (Å²) in [5, 5.41) is 8.74. The molecule has 0 unspecified atom stereocenters. The summed E-state index contributed by atoms with van der Waals surface area (Å²) in [4.78, 5) is 12.1. The molecule has 0 saturated heterocycles. The molecule has 2 aliphatic carbocycles. The van der Waals surface area contributed by atoms with Crippen molar-refractivity contribution in [3.8, 4) is 0 Å². The molecule has 1 amide bonds. The topological polar surface area (TPSA) is 40.5 Å². The third-order valence-corrected chi connectivity index (χ3v) is 3.72. The normalized spacial score (nSPS) is 36.5. The van der Waals surface area contributed by atoms with E-state index < -0.39 is 6.09 Å². The first-order chi connectivity index (χ1) is 6.16. The minimum absolute atomic E-state index is 0.653. The van der Waals surface area contributed by atoms with Crippen LogP contribution in [0.5, 0.6) is 0 Å². The van der Waals surface area contributed by atoms with Gasteiger partial charge in [-0.15, -0.1) is 0 Å². The predicted molar refractivity (Wildman–Crippen MR) is 49.6 cm³/mol. The molecule has 0 aromatic rings. The van der Waals surface area contributed by atoms with Crippen molar-refractivity contribution in [1.82, 2.24) is 4.90 Å². The van der Waals surface area contributed by atoms with Gasteiger partial charge in [-0.3, -0.25) is 0 Å². The summed E-state index contributed by atoms with van der Waals surface area (Å²) in [6, 6.07) is 0. The van der Waals surface area contributed by atoms with Crippen LogP contribution in [0.25, 0.3) is 0 Å². The lowest BCUT2D eigenvalue weighted by molar-refractivity contribution is 0.141. The molecule has 2 saturated carbocycles. The minimum Gasteiger partial charge on any atom is -0.465 e. The molecule has 13 heavy (non-hydrogen) atoms. The monoisotopic (exact) mass is 183 g/mol. The van der Waals surface area contributed by atoms with Crippen molar-refractivity contribution in [2.45, 2.75) is 25.7 Å². The molecule has 3 heteroatoms. The van der Waals surface area contributed by atoms with E-state index in [4.69, 9.17) is 5.11 Å². The smallest absolute Gasteiger partial charge is 0.407 e. The average Bonchev–Trinajstić information content (AvgIpc) is 2.64. The molecule has 2 aliphatic rings. The Balaban J connectivity index is 1.86. The first-order valence-corrected chi connectivity index (χ1v) is 5.11. The lowest BCUT2D eigenvalue weighted by Gasteiger charge is -2.25. The molecule has 0 spiro atoms. The van der Waals surface area contributed by atoms with Gasteiger partial charge in [-0.1, -0.05) is 6.42 Å². The number of rotatable bonds is 2. The average molecular weight is 183 g/mol. The van der Waals surface area contributed by atoms with Crippen molar-refractivity contribution in [1.29, 1.82) is 0 Å². The SMILES string of the molecule is CN(C[C@H]1C[C@@H]2CC[C@H]1C2)C(=O)O. The van der Waals surface area contributed by atoms with Gasteiger partial charge in [0.25, 0.3) is 0 Å². The van der Waals surface area contributed by atoms with Crippen molar-refractivity contribution in [2.75, 3.05) is 13.6 Å². The van der Waals surface area contributed by atoms with Crippen molar-refractivity contribution in [3.05, 3.63) is 0 Å². The van der Waals surface area contributed by atoms with Crippen molar-refractivity contribution < 1.29 is 9.90 Å². The van der Waals surface area contributed by atoms with Crippen molar-refractivity contribution in [2.24, 2.45) is 17.8 Å². The third kappa shape index (κ3) is 1.64. The molecule has 3 nitrogen and oxygen atoms in total. The van der Waals surface area contributed by atoms with Gasteiger partial charge in [0.15, 0.2) is 0 Å². The van der Waals surface area contributed by atoms with Gasteiger partial charge in [-0.25, -0.2) is 4.79 Å². The highest BCUT2D eigenvalue weighted by Crippen LogP contribution is 2.48. The van der Waals surface area contributed by atoms with Crippen LogP contribution in [0.3, 0.4) is 0 Å². The van der Waals surface area contributed by atoms with E-state index in [1.54, 1.807) is 7.05 Å². The summed E-state index contributed by atoms with van der Waals surface area (Å²) in [6.45, 7) is 0.747. The fraction of sp³-hybridized carbons (Fsp3) is 0.900. The van der Waals surface area contributed by atoms with Crippen LogP contribution >= 0.6 is 0 Å². The molecule has 2 bridgehead atoms. The Morgan fingerprint density at radius 2 is 2.23 bits per heavy atom. The van der Waals surface area contributed by atoms with Gasteiger partial charge in [0.1, 0.15) is 0 Å². The summed E-state index contributed by atoms with van der Waals surface area (Å²) in [5.74, 6) is 2.39. The van der Waals surface area contributed by atoms with Crippen LogP contribution in [-0.4, -0.2) is 29.7 Å². The van der Waals surface area contributed by atoms with E-state index in [-0.39, 0.29) is 0 Å². The zero-order chi connectivity index (χ0) is 9.42. The highest BCUT2D eigenvalue weighted by atomic mass is 16.4. The Morgan fingerprint density at radius 1 is 1.46 bits per heavy atom. The second kappa shape index (κ2) is 3.20. The van der Waals surface area contributed by atoms with Gasteiger partial charge in [0.2, 0.25) is 0 Å². The van der Waals surface area contributed by atoms with Crippen LogP contribution in [0.2, 0.25) is 0 Å². The van der Waals surface area contributed by atoms with Gasteiger partial charge in [0, 0.05) is 13.6 Å². The summed E-state index contributed by atoms with van der Waals surface area (Å²) in [6.07, 6.45) is 4.56. The molecule has 3 atom stereocenters. The Labute approximate surface area is 78.7 Å². The van der Waals surface area contributed by atoms with E-state index >= 15 is 0 Å². The number of hydrogen-bond acceptors (Lipinski definition) is 1. The van der Waals surface area contributed by atoms with E-state index in [9.17, 15) is 4.79 Å². The molecular weight excluding hydrogens is 166 g/mol. The van der Waals surface area contributed by atoms with E-state index in [2.05, 4.69) is 0 Å². The number of amides is 1. The Morgan fingerprint density at radius 3 is 2.69 bits per heavy atom. The number of fused-ring (bicyclic) bond motifs is 2. The second-order valence-electron chi connectivity index (χ2n) is 4.60. The van der Waals surface area contributed by atoms with Gasteiger partial charge >= 0.3 is 6.09 Å². The van der Waals surface area contributed by atoms with Crippen LogP contribution in [0.1, 0.15) is 25.7 Å². The lowest BCUT2D eigenvalue weighted by atomic mass is 9.88. The van der Waals surface area contributed by atoms with Crippen LogP contribution in [0, 0.1) is 17.8 Å². The summed E-state index contributed by atoms with van der Waals surface area (Å²) in [7, 11) is 1.67. The maximum Gasteiger partial charge on any atom is 0.407 e. The fourth-order valence-electron chi connectivity index (χ4n) is 3.03. The maximum absolute atomic E-state index is 10.6. The van der Waals surface area contributed by atoms with E-state index in [0.717, 1.165) is 18.4 Å². The highest BCUT2D eigenvalue weighted by Gasteiger charge is 2.39. The van der Waals surface area contributed by atoms with Crippen LogP contribution in [0.4, 0.5) is 4.79 Å². The largest absolute Gasteiger partial charge is 0.465 e.